The Morgan fingerprint density at radius 3 is 2.80 bits per heavy atom. The lowest BCUT2D eigenvalue weighted by Crippen LogP contribution is -2.18. The molecule has 4 heteroatoms. The van der Waals surface area contributed by atoms with Gasteiger partial charge in [-0.25, -0.2) is 9.50 Å². The van der Waals surface area contributed by atoms with E-state index in [1.807, 2.05) is 10.7 Å². The second-order valence-corrected chi connectivity index (χ2v) is 6.04. The largest absolute Gasteiger partial charge is 0.365 e. The Labute approximate surface area is 120 Å². The first kappa shape index (κ1) is 14.4. The molecular formula is C16H22N4. The van der Waals surface area contributed by atoms with Crippen LogP contribution in [0.25, 0.3) is 5.52 Å². The molecule has 1 N–H and O–H groups in total. The Morgan fingerprint density at radius 2 is 2.20 bits per heavy atom. The third-order valence-corrected chi connectivity index (χ3v) is 3.36. The van der Waals surface area contributed by atoms with E-state index in [0.717, 1.165) is 23.4 Å². The minimum atomic E-state index is 0.0201. The summed E-state index contributed by atoms with van der Waals surface area (Å²) in [6, 6.07) is 2.34. The van der Waals surface area contributed by atoms with Gasteiger partial charge in [-0.15, -0.1) is 12.3 Å². The van der Waals surface area contributed by atoms with Gasteiger partial charge in [0.25, 0.3) is 0 Å². The van der Waals surface area contributed by atoms with Crippen molar-refractivity contribution in [2.24, 2.45) is 0 Å². The van der Waals surface area contributed by atoms with Gasteiger partial charge in [0.05, 0.1) is 5.69 Å². The van der Waals surface area contributed by atoms with Gasteiger partial charge >= 0.3 is 0 Å². The molecule has 4 nitrogen and oxygen atoms in total. The Morgan fingerprint density at radius 1 is 1.45 bits per heavy atom. The van der Waals surface area contributed by atoms with Gasteiger partial charge in [-0.2, -0.15) is 5.10 Å². The molecule has 0 saturated carbocycles. The summed E-state index contributed by atoms with van der Waals surface area (Å²) in [4.78, 5) is 4.43. The highest BCUT2D eigenvalue weighted by Gasteiger charge is 2.19. The van der Waals surface area contributed by atoms with E-state index >= 15 is 0 Å². The molecule has 2 aromatic heterocycles. The van der Waals surface area contributed by atoms with E-state index in [4.69, 9.17) is 6.42 Å². The maximum Gasteiger partial charge on any atom is 0.152 e. The molecule has 0 aliphatic carbocycles. The zero-order valence-electron chi connectivity index (χ0n) is 12.6. The first-order valence-electron chi connectivity index (χ1n) is 7.00. The fraction of sp³-hybridized carbons (Fsp3) is 0.500. The quantitative estimate of drug-likeness (QED) is 0.867. The van der Waals surface area contributed by atoms with Gasteiger partial charge in [0.1, 0.15) is 5.52 Å². The van der Waals surface area contributed by atoms with Crippen molar-refractivity contribution in [1.82, 2.24) is 14.6 Å². The van der Waals surface area contributed by atoms with E-state index in [-0.39, 0.29) is 11.5 Å². The number of aromatic nitrogens is 3. The van der Waals surface area contributed by atoms with Gasteiger partial charge in [0.2, 0.25) is 0 Å². The maximum absolute atomic E-state index is 5.40. The lowest BCUT2D eigenvalue weighted by Gasteiger charge is -2.15. The lowest BCUT2D eigenvalue weighted by atomic mass is 9.92. The molecule has 0 saturated heterocycles. The third kappa shape index (κ3) is 2.93. The van der Waals surface area contributed by atoms with E-state index in [2.05, 4.69) is 55.1 Å². The summed E-state index contributed by atoms with van der Waals surface area (Å²) in [6.07, 6.45) is 10.7. The molecule has 0 aliphatic rings. The summed E-state index contributed by atoms with van der Waals surface area (Å²) >= 11 is 0. The number of nitrogens with one attached hydrogen (secondary N) is 1. The van der Waals surface area contributed by atoms with Crippen molar-refractivity contribution < 1.29 is 0 Å². The van der Waals surface area contributed by atoms with E-state index in [0.29, 0.717) is 6.42 Å². The number of nitrogens with zero attached hydrogens (tertiary/aromatic N) is 3. The topological polar surface area (TPSA) is 42.2 Å². The zero-order valence-corrected chi connectivity index (χ0v) is 12.6. The highest BCUT2D eigenvalue weighted by atomic mass is 15.2. The van der Waals surface area contributed by atoms with Gasteiger partial charge in [-0.1, -0.05) is 27.7 Å². The normalized spacial score (nSPS) is 13.2. The van der Waals surface area contributed by atoms with E-state index in [9.17, 15) is 0 Å². The molecule has 1 unspecified atom stereocenters. The zero-order chi connectivity index (χ0) is 14.8. The summed E-state index contributed by atoms with van der Waals surface area (Å²) < 4.78 is 1.87. The number of fused-ring (bicyclic) bond motifs is 1. The van der Waals surface area contributed by atoms with Crippen LogP contribution in [0.1, 0.15) is 46.2 Å². The van der Waals surface area contributed by atoms with Crippen LogP contribution in [-0.4, -0.2) is 20.6 Å². The van der Waals surface area contributed by atoms with E-state index < -0.39 is 0 Å². The number of hydrogen-bond donors (Lipinski definition) is 1. The number of anilines is 1. The average Bonchev–Trinajstić information content (AvgIpc) is 2.83. The Bertz CT molecular complexity index is 628. The fourth-order valence-corrected chi connectivity index (χ4v) is 2.03. The summed E-state index contributed by atoms with van der Waals surface area (Å²) in [6.45, 7) is 8.58. The fourth-order valence-electron chi connectivity index (χ4n) is 2.03. The second kappa shape index (κ2) is 5.54. The number of terminal acetylenes is 1. The van der Waals surface area contributed by atoms with Crippen LogP contribution in [0.3, 0.4) is 0 Å². The van der Waals surface area contributed by atoms with Gasteiger partial charge in [0.15, 0.2) is 5.82 Å². The predicted octanol–water partition coefficient (Wildman–Crippen LogP) is 3.24. The molecule has 0 aromatic carbocycles. The Hall–Kier alpha value is -2.02. The standard InChI is InChI=1S/C16H22N4/c1-6-8-12(7-2)18-15-13-11-14(16(3,4)5)19-20(13)10-9-17-15/h1,9-12H,7-8H2,2-5H3,(H,17,18). The van der Waals surface area contributed by atoms with Crippen molar-refractivity contribution in [3.8, 4) is 12.3 Å². The maximum atomic E-state index is 5.40. The van der Waals surface area contributed by atoms with Crippen molar-refractivity contribution in [2.75, 3.05) is 5.32 Å². The molecule has 1 atom stereocenters. The van der Waals surface area contributed by atoms with Crippen LogP contribution in [0.4, 0.5) is 5.82 Å². The molecule has 0 amide bonds. The Kier molecular flexibility index (Phi) is 3.99. The average molecular weight is 270 g/mol. The van der Waals surface area contributed by atoms with Gasteiger partial charge in [-0.3, -0.25) is 0 Å². The Balaban J connectivity index is 2.39. The van der Waals surface area contributed by atoms with Gasteiger partial charge < -0.3 is 5.32 Å². The van der Waals surface area contributed by atoms with Crippen LogP contribution in [0.5, 0.6) is 0 Å². The van der Waals surface area contributed by atoms with Gasteiger partial charge in [-0.05, 0) is 12.5 Å². The highest BCUT2D eigenvalue weighted by Crippen LogP contribution is 2.25. The van der Waals surface area contributed by atoms with E-state index in [1.165, 1.54) is 0 Å². The second-order valence-electron chi connectivity index (χ2n) is 6.04. The van der Waals surface area contributed by atoms with Crippen molar-refractivity contribution in [1.29, 1.82) is 0 Å². The summed E-state index contributed by atoms with van der Waals surface area (Å²) in [5, 5.41) is 8.04. The molecule has 0 aliphatic heterocycles. The van der Waals surface area contributed by atoms with Crippen LogP contribution >= 0.6 is 0 Å². The molecule has 2 aromatic rings. The molecular weight excluding hydrogens is 248 g/mol. The monoisotopic (exact) mass is 270 g/mol. The molecule has 0 radical (unpaired) electrons. The van der Waals surface area contributed by atoms with Gasteiger partial charge in [0, 0.05) is 30.3 Å². The molecule has 106 valence electrons. The number of rotatable bonds is 4. The molecule has 20 heavy (non-hydrogen) atoms. The smallest absolute Gasteiger partial charge is 0.152 e. The summed E-state index contributed by atoms with van der Waals surface area (Å²) in [5.41, 5.74) is 2.07. The van der Waals surface area contributed by atoms with E-state index in [1.54, 1.807) is 6.20 Å². The molecule has 2 heterocycles. The highest BCUT2D eigenvalue weighted by molar-refractivity contribution is 5.68. The van der Waals surface area contributed by atoms with Crippen molar-refractivity contribution >= 4 is 11.3 Å². The van der Waals surface area contributed by atoms with Crippen LogP contribution in [-0.2, 0) is 5.41 Å². The van der Waals surface area contributed by atoms with Crippen LogP contribution in [0.15, 0.2) is 18.5 Å². The minimum Gasteiger partial charge on any atom is -0.365 e. The SMILES string of the molecule is C#CCC(CC)Nc1nccn2nc(C(C)(C)C)cc12. The first-order chi connectivity index (χ1) is 9.45. The molecule has 0 fully saturated rings. The van der Waals surface area contributed by atoms with Crippen molar-refractivity contribution in [3.05, 3.63) is 24.2 Å². The van der Waals surface area contributed by atoms with Crippen molar-refractivity contribution in [3.63, 3.8) is 0 Å². The minimum absolute atomic E-state index is 0.0201. The first-order valence-corrected chi connectivity index (χ1v) is 7.00. The molecule has 0 spiro atoms. The molecule has 0 bridgehead atoms. The summed E-state index contributed by atoms with van der Waals surface area (Å²) in [5.74, 6) is 3.55. The van der Waals surface area contributed by atoms with Crippen molar-refractivity contribution in [2.45, 2.75) is 52.0 Å². The summed E-state index contributed by atoms with van der Waals surface area (Å²) in [7, 11) is 0. The predicted molar refractivity (Wildman–Crippen MR) is 82.8 cm³/mol. The third-order valence-electron chi connectivity index (χ3n) is 3.36. The lowest BCUT2D eigenvalue weighted by molar-refractivity contribution is 0.562. The van der Waals surface area contributed by atoms with Crippen LogP contribution in [0.2, 0.25) is 0 Å². The van der Waals surface area contributed by atoms with Crippen LogP contribution < -0.4 is 5.32 Å². The molecule has 2 rings (SSSR count). The van der Waals surface area contributed by atoms with Crippen LogP contribution in [0, 0.1) is 12.3 Å². The number of hydrogen-bond acceptors (Lipinski definition) is 3.